The third-order valence-electron chi connectivity index (χ3n) is 3.50. The summed E-state index contributed by atoms with van der Waals surface area (Å²) in [5.74, 6) is 1.71. The molecule has 0 aliphatic rings. The summed E-state index contributed by atoms with van der Waals surface area (Å²) < 4.78 is 14.9. The summed E-state index contributed by atoms with van der Waals surface area (Å²) >= 11 is 28.1. The van der Waals surface area contributed by atoms with Crippen LogP contribution in [0.4, 0.5) is 0 Å². The van der Waals surface area contributed by atoms with Crippen LogP contribution in [0.15, 0.2) is 59.4 Å². The largest absolute Gasteiger partial charge is 1.00 e. The Kier molecular flexibility index (Phi) is 23.9. The summed E-state index contributed by atoms with van der Waals surface area (Å²) in [5, 5.41) is 9.74. The van der Waals surface area contributed by atoms with Gasteiger partial charge in [-0.3, -0.25) is 0 Å². The molecule has 36 heavy (non-hydrogen) atoms. The van der Waals surface area contributed by atoms with Gasteiger partial charge in [0.2, 0.25) is 6.19 Å². The Morgan fingerprint density at radius 2 is 1.33 bits per heavy atom. The molecule has 0 aliphatic carbocycles. The molecule has 3 heterocycles. The zero-order valence-electron chi connectivity index (χ0n) is 20.2. The molecule has 3 rings (SSSR count). The predicted octanol–water partition coefficient (Wildman–Crippen LogP) is 4.05. The van der Waals surface area contributed by atoms with Crippen LogP contribution in [0.2, 0.25) is 15.5 Å². The van der Waals surface area contributed by atoms with Gasteiger partial charge in [-0.05, 0) is 41.1 Å². The van der Waals surface area contributed by atoms with Gasteiger partial charge in [-0.2, -0.15) is 23.3 Å². The fourth-order valence-corrected chi connectivity index (χ4v) is 4.09. The van der Waals surface area contributed by atoms with Crippen molar-refractivity contribution in [2.45, 2.75) is 17.4 Å². The van der Waals surface area contributed by atoms with Crippen molar-refractivity contribution in [2.75, 3.05) is 18.8 Å². The van der Waals surface area contributed by atoms with E-state index in [1.54, 1.807) is 54.8 Å². The van der Waals surface area contributed by atoms with Gasteiger partial charge in [0, 0.05) is 36.5 Å². The molecule has 6 nitrogen and oxygen atoms in total. The Bertz CT molecular complexity index is 1140. The van der Waals surface area contributed by atoms with Crippen molar-refractivity contribution in [3.05, 3.63) is 87.1 Å². The molecule has 190 valence electrons. The minimum Gasteiger partial charge on any atom is -0.796 e. The molecule has 1 atom stereocenters. The number of aromatic nitrogens is 3. The molecule has 0 amide bonds. The molecule has 0 N–H and O–H groups in total. The van der Waals surface area contributed by atoms with Crippen LogP contribution in [0.1, 0.15) is 16.7 Å². The molecule has 3 aromatic heterocycles. The molecule has 0 bridgehead atoms. The van der Waals surface area contributed by atoms with Crippen LogP contribution in [-0.2, 0) is 39.7 Å². The quantitative estimate of drug-likeness (QED) is 0.137. The third kappa shape index (κ3) is 18.9. The maximum Gasteiger partial charge on any atom is 1.00 e. The summed E-state index contributed by atoms with van der Waals surface area (Å²) in [4.78, 5) is 11.6. The summed E-state index contributed by atoms with van der Waals surface area (Å²) in [5.41, 5.74) is 2.96. The van der Waals surface area contributed by atoms with Gasteiger partial charge in [-0.25, -0.2) is 19.2 Å². The third-order valence-corrected chi connectivity index (χ3v) is 6.44. The summed E-state index contributed by atoms with van der Waals surface area (Å²) in [7, 11) is -2.47. The van der Waals surface area contributed by atoms with E-state index in [-0.39, 0.29) is 35.3 Å². The zero-order chi connectivity index (χ0) is 26.7. The first-order chi connectivity index (χ1) is 16.7. The Morgan fingerprint density at radius 3 is 1.67 bits per heavy atom. The fourth-order valence-electron chi connectivity index (χ4n) is 2.06. The monoisotopic (exact) mass is 633 g/mol. The molecule has 0 aromatic carbocycles. The van der Waals surface area contributed by atoms with Gasteiger partial charge in [0.05, 0.1) is 15.5 Å². The van der Waals surface area contributed by atoms with Gasteiger partial charge in [-0.15, -0.1) is 16.0 Å². The molecule has 0 radical (unpaired) electrons. The maximum absolute atomic E-state index is 11.6. The van der Waals surface area contributed by atoms with Crippen LogP contribution in [0.25, 0.3) is 0 Å². The second-order valence-electron chi connectivity index (χ2n) is 6.33. The number of halogens is 4. The first-order valence-electron chi connectivity index (χ1n) is 9.54. The van der Waals surface area contributed by atoms with E-state index in [1.807, 2.05) is 18.2 Å². The molecule has 1 unspecified atom stereocenters. The molecule has 14 heteroatoms. The van der Waals surface area contributed by atoms with E-state index in [2.05, 4.69) is 38.2 Å². The van der Waals surface area contributed by atoms with Crippen LogP contribution in [0.3, 0.4) is 0 Å². The van der Waals surface area contributed by atoms with E-state index >= 15 is 0 Å². The maximum atomic E-state index is 11.6. The van der Waals surface area contributed by atoms with Gasteiger partial charge in [0.1, 0.15) is 15.5 Å². The number of alkyl halides is 1. The van der Waals surface area contributed by atoms with Gasteiger partial charge in [0.25, 0.3) is 0 Å². The molecular weight excluding hydrogens is 611 g/mol. The Labute approximate surface area is 265 Å². The van der Waals surface area contributed by atoms with E-state index in [1.165, 1.54) is 18.0 Å². The fraction of sp³-hybridized carbons (Fsp3) is 0.273. The second kappa shape index (κ2) is 22.7. The normalized spacial score (nSPS) is 10.8. The first-order valence-corrected chi connectivity index (χ1v) is 15.5. The van der Waals surface area contributed by atoms with Crippen LogP contribution in [0, 0.1) is 11.5 Å². The number of hydrogen-bond acceptors (Lipinski definition) is 8. The van der Waals surface area contributed by atoms with Crippen molar-refractivity contribution < 1.29 is 33.8 Å². The summed E-state index contributed by atoms with van der Waals surface area (Å²) in [6.45, 7) is 0. The van der Waals surface area contributed by atoms with Crippen molar-refractivity contribution in [3.63, 3.8) is 0 Å². The van der Waals surface area contributed by atoms with Crippen molar-refractivity contribution >= 4 is 80.5 Å². The van der Waals surface area contributed by atoms with E-state index in [4.69, 9.17) is 51.7 Å². The van der Waals surface area contributed by atoms with Gasteiger partial charge >= 0.3 is 29.6 Å². The first kappa shape index (κ1) is 37.9. The Balaban J connectivity index is 0. The van der Waals surface area contributed by atoms with Crippen LogP contribution in [-0.4, -0.2) is 37.9 Å². The van der Waals surface area contributed by atoms with E-state index in [9.17, 15) is 4.21 Å². The van der Waals surface area contributed by atoms with E-state index in [0.29, 0.717) is 21.3 Å². The molecule has 0 spiro atoms. The average Bonchev–Trinajstić information content (AvgIpc) is 2.85. The number of thioether (sulfide) groups is 1. The van der Waals surface area contributed by atoms with Crippen LogP contribution in [0.5, 0.6) is 0 Å². The average molecular weight is 635 g/mol. The molecule has 0 fully saturated rings. The van der Waals surface area contributed by atoms with Crippen molar-refractivity contribution in [2.24, 2.45) is 4.36 Å². The van der Waals surface area contributed by atoms with Gasteiger partial charge < -0.3 is 12.6 Å². The molecule has 0 saturated carbocycles. The standard InChI is InChI=1S/C8H8ClN3OS.C7H8ClNS.C6H5Cl2N.CH4S.Na/c1-14(13,12-6-10)5-7-2-3-8(9)11-4-7;1-10-5-6-2-3-7(8)9-4-6;7-3-5-1-2-6(8)9-4-5;1-2;/h2-4H,5H2,1H3;2-4H,5H2,1H3;1-2,4H,3H2;2H,1H3;/q;;;;+1/p-1. The number of rotatable bonds is 5. The minimum atomic E-state index is -2.47. The topological polar surface area (TPSA) is 91.9 Å². The molecule has 0 saturated heterocycles. The summed E-state index contributed by atoms with van der Waals surface area (Å²) in [6.07, 6.45) is 11.6. The second-order valence-corrected chi connectivity index (χ2v) is 11.0. The SMILES string of the molecule is CS(=O)(Cc1ccc(Cl)nc1)=NC#N.CSCc1ccc(Cl)nc1.C[S-].ClCc1ccc(Cl)nc1.[Na+]. The zero-order valence-corrected chi connectivity index (χ0v) is 27.7. The minimum absolute atomic E-state index is 0. The molecule has 0 aliphatic heterocycles. The molecular formula is C22H24Cl4N5NaOS3. The predicted molar refractivity (Wildman–Crippen MR) is 154 cm³/mol. The van der Waals surface area contributed by atoms with Crippen molar-refractivity contribution in [1.82, 2.24) is 15.0 Å². The number of pyridine rings is 3. The van der Waals surface area contributed by atoms with Gasteiger partial charge in [-0.1, -0.05) is 53.0 Å². The van der Waals surface area contributed by atoms with Gasteiger partial charge in [0.15, 0.2) is 0 Å². The number of nitriles is 1. The van der Waals surface area contributed by atoms with Crippen LogP contribution < -0.4 is 29.6 Å². The van der Waals surface area contributed by atoms with E-state index < -0.39 is 9.73 Å². The van der Waals surface area contributed by atoms with Crippen LogP contribution >= 0.6 is 58.2 Å². The number of nitrogens with zero attached hydrogens (tertiary/aromatic N) is 5. The Morgan fingerprint density at radius 1 is 0.917 bits per heavy atom. The summed E-state index contributed by atoms with van der Waals surface area (Å²) in [6, 6.07) is 10.7. The smallest absolute Gasteiger partial charge is 0.796 e. The Hall–Kier alpha value is -0.250. The van der Waals surface area contributed by atoms with E-state index in [0.717, 1.165) is 16.9 Å². The van der Waals surface area contributed by atoms with Crippen molar-refractivity contribution in [3.8, 4) is 6.19 Å². The molecule has 3 aromatic rings. The number of hydrogen-bond donors (Lipinski definition) is 0. The van der Waals surface area contributed by atoms with Crippen molar-refractivity contribution in [1.29, 1.82) is 5.26 Å².